The van der Waals surface area contributed by atoms with Gasteiger partial charge in [0.15, 0.2) is 11.5 Å². The molecule has 0 unspecified atom stereocenters. The highest BCUT2D eigenvalue weighted by atomic mass is 16.5. The molecule has 0 atom stereocenters. The van der Waals surface area contributed by atoms with Crippen molar-refractivity contribution >= 4 is 18.1 Å². The van der Waals surface area contributed by atoms with Gasteiger partial charge >= 0.3 is 5.97 Å². The minimum Gasteiger partial charge on any atom is -0.493 e. The lowest BCUT2D eigenvalue weighted by molar-refractivity contribution is 0.0600. The molecule has 184 valence electrons. The topological polar surface area (TPSA) is 152 Å². The van der Waals surface area contributed by atoms with Gasteiger partial charge in [0.25, 0.3) is 5.56 Å². The van der Waals surface area contributed by atoms with Crippen LogP contribution in [0, 0.1) is 11.3 Å². The first-order valence-corrected chi connectivity index (χ1v) is 10.8. The average molecular weight is 496 g/mol. The Balaban J connectivity index is 1.52. The Morgan fingerprint density at radius 1 is 1.11 bits per heavy atom. The van der Waals surface area contributed by atoms with E-state index in [0.717, 1.165) is 0 Å². The van der Waals surface area contributed by atoms with E-state index in [1.165, 1.54) is 38.8 Å². The highest BCUT2D eigenvalue weighted by molar-refractivity contribution is 5.89. The van der Waals surface area contributed by atoms with Crippen molar-refractivity contribution in [2.24, 2.45) is 5.10 Å². The molecule has 37 heavy (non-hydrogen) atoms. The number of hydrazone groups is 1. The van der Waals surface area contributed by atoms with E-state index in [9.17, 15) is 14.9 Å². The van der Waals surface area contributed by atoms with Crippen molar-refractivity contribution in [3.05, 3.63) is 93.9 Å². The lowest BCUT2D eigenvalue weighted by Gasteiger charge is -2.11. The second-order valence-corrected chi connectivity index (χ2v) is 7.37. The van der Waals surface area contributed by atoms with Gasteiger partial charge in [0.05, 0.1) is 31.7 Å². The average Bonchev–Trinajstić information content (AvgIpc) is 2.93. The van der Waals surface area contributed by atoms with Crippen LogP contribution in [0.1, 0.15) is 21.5 Å². The fourth-order valence-corrected chi connectivity index (χ4v) is 3.27. The largest absolute Gasteiger partial charge is 0.493 e. The molecule has 0 spiro atoms. The second kappa shape index (κ2) is 11.3. The zero-order valence-electron chi connectivity index (χ0n) is 19.8. The minimum absolute atomic E-state index is 0.0718. The summed E-state index contributed by atoms with van der Waals surface area (Å²) >= 11 is 0. The van der Waals surface area contributed by atoms with Crippen molar-refractivity contribution < 1.29 is 19.0 Å². The van der Waals surface area contributed by atoms with E-state index in [1.807, 2.05) is 12.1 Å². The normalized spacial score (nSPS) is 10.5. The number of carbonyl (C=O) groups is 1. The van der Waals surface area contributed by atoms with E-state index in [1.54, 1.807) is 42.5 Å². The number of esters is 1. The molecule has 4 aromatic rings. The number of anilines is 1. The van der Waals surface area contributed by atoms with Gasteiger partial charge in [-0.25, -0.2) is 20.2 Å². The number of carbonyl (C=O) groups excluding carboxylic acids is 1. The molecule has 0 saturated heterocycles. The van der Waals surface area contributed by atoms with Crippen LogP contribution in [0.25, 0.3) is 11.3 Å². The Morgan fingerprint density at radius 2 is 1.92 bits per heavy atom. The third-order valence-corrected chi connectivity index (χ3v) is 5.02. The molecule has 0 amide bonds. The van der Waals surface area contributed by atoms with Crippen molar-refractivity contribution in [1.82, 2.24) is 15.0 Å². The summed E-state index contributed by atoms with van der Waals surface area (Å²) in [6.07, 6.45) is 2.92. The lowest BCUT2D eigenvalue weighted by atomic mass is 10.1. The smallest absolute Gasteiger partial charge is 0.338 e. The van der Waals surface area contributed by atoms with Crippen LogP contribution in [0.5, 0.6) is 17.4 Å². The van der Waals surface area contributed by atoms with Crippen LogP contribution in [0.2, 0.25) is 0 Å². The number of nitriles is 1. The van der Waals surface area contributed by atoms with E-state index in [0.29, 0.717) is 28.2 Å². The molecule has 11 heteroatoms. The van der Waals surface area contributed by atoms with Gasteiger partial charge in [-0.15, -0.1) is 0 Å². The van der Waals surface area contributed by atoms with Crippen LogP contribution < -0.4 is 20.5 Å². The Hall–Kier alpha value is -5.50. The maximum absolute atomic E-state index is 12.4. The zero-order valence-corrected chi connectivity index (χ0v) is 19.8. The van der Waals surface area contributed by atoms with Gasteiger partial charge < -0.3 is 14.2 Å². The van der Waals surface area contributed by atoms with Gasteiger partial charge in [-0.1, -0.05) is 30.3 Å². The van der Waals surface area contributed by atoms with Gasteiger partial charge in [0, 0.05) is 17.8 Å². The van der Waals surface area contributed by atoms with Gasteiger partial charge in [0.1, 0.15) is 11.6 Å². The number of ether oxygens (including phenoxy) is 3. The quantitative estimate of drug-likeness (QED) is 0.211. The SMILES string of the molecule is COC(=O)c1ccnc(Oc2ccc(C=NNc3nc(-c4ccccc4)c(C#N)c(=O)[nH]3)cc2OC)c1. The summed E-state index contributed by atoms with van der Waals surface area (Å²) in [5, 5.41) is 13.5. The van der Waals surface area contributed by atoms with Crippen LogP contribution in [0.15, 0.2) is 76.8 Å². The molecule has 11 nitrogen and oxygen atoms in total. The number of nitrogens with zero attached hydrogens (tertiary/aromatic N) is 4. The first kappa shape index (κ1) is 24.6. The molecule has 2 heterocycles. The highest BCUT2D eigenvalue weighted by Gasteiger charge is 2.13. The Bertz CT molecular complexity index is 1560. The molecular formula is C26H20N6O5. The van der Waals surface area contributed by atoms with Crippen LogP contribution in [-0.2, 0) is 4.74 Å². The van der Waals surface area contributed by atoms with E-state index >= 15 is 0 Å². The fourth-order valence-electron chi connectivity index (χ4n) is 3.27. The summed E-state index contributed by atoms with van der Waals surface area (Å²) < 4.78 is 15.9. The van der Waals surface area contributed by atoms with Gasteiger partial charge in [-0.3, -0.25) is 9.78 Å². The molecular weight excluding hydrogens is 476 g/mol. The standard InChI is InChI=1S/C26H20N6O5/c1-35-21-12-16(8-9-20(21)37-22-13-18(10-11-28-22)25(34)36-2)15-29-32-26-30-23(17-6-4-3-5-7-17)19(14-27)24(33)31-26/h3-13,15H,1-2H3,(H2,30,31,32,33). The number of benzene rings is 2. The number of rotatable bonds is 8. The van der Waals surface area contributed by atoms with Gasteiger partial charge in [-0.2, -0.15) is 10.4 Å². The highest BCUT2D eigenvalue weighted by Crippen LogP contribution is 2.31. The molecule has 0 aliphatic rings. The minimum atomic E-state index is -0.581. The van der Waals surface area contributed by atoms with Crippen molar-refractivity contribution in [3.8, 4) is 34.7 Å². The summed E-state index contributed by atoms with van der Waals surface area (Å²) in [5.74, 6) is 0.516. The molecule has 0 aliphatic carbocycles. The Kier molecular flexibility index (Phi) is 7.51. The van der Waals surface area contributed by atoms with E-state index in [-0.39, 0.29) is 23.1 Å². The van der Waals surface area contributed by atoms with Crippen LogP contribution in [-0.4, -0.2) is 41.4 Å². The first-order valence-electron chi connectivity index (χ1n) is 10.8. The number of H-pyrrole nitrogens is 1. The number of hydrogen-bond donors (Lipinski definition) is 2. The molecule has 0 fully saturated rings. The third-order valence-electron chi connectivity index (χ3n) is 5.02. The summed E-state index contributed by atoms with van der Waals surface area (Å²) in [6, 6.07) is 18.8. The summed E-state index contributed by atoms with van der Waals surface area (Å²) in [4.78, 5) is 35.1. The summed E-state index contributed by atoms with van der Waals surface area (Å²) in [5.41, 5.74) is 3.83. The van der Waals surface area contributed by atoms with Gasteiger partial charge in [0.2, 0.25) is 11.8 Å². The molecule has 0 radical (unpaired) electrons. The predicted octanol–water partition coefficient (Wildman–Crippen LogP) is 3.74. The Morgan fingerprint density at radius 3 is 2.65 bits per heavy atom. The number of hydrogen-bond acceptors (Lipinski definition) is 10. The monoisotopic (exact) mass is 496 g/mol. The second-order valence-electron chi connectivity index (χ2n) is 7.37. The molecule has 2 aromatic heterocycles. The number of aromatic nitrogens is 3. The van der Waals surface area contributed by atoms with Crippen LogP contribution >= 0.6 is 0 Å². The molecule has 0 bridgehead atoms. The van der Waals surface area contributed by atoms with Crippen molar-refractivity contribution in [2.75, 3.05) is 19.6 Å². The molecule has 2 aromatic carbocycles. The maximum Gasteiger partial charge on any atom is 0.338 e. The van der Waals surface area contributed by atoms with Crippen LogP contribution in [0.3, 0.4) is 0 Å². The number of nitrogens with one attached hydrogen (secondary N) is 2. The number of aromatic amines is 1. The van der Waals surface area contributed by atoms with E-state index in [4.69, 9.17) is 14.2 Å². The molecule has 0 aliphatic heterocycles. The first-order chi connectivity index (χ1) is 18.0. The number of pyridine rings is 1. The Labute approximate surface area is 211 Å². The summed E-state index contributed by atoms with van der Waals surface area (Å²) in [6.45, 7) is 0. The van der Waals surface area contributed by atoms with Crippen molar-refractivity contribution in [1.29, 1.82) is 5.26 Å². The third kappa shape index (κ3) is 5.77. The van der Waals surface area contributed by atoms with E-state index < -0.39 is 11.5 Å². The van der Waals surface area contributed by atoms with Crippen LogP contribution in [0.4, 0.5) is 5.95 Å². The zero-order chi connectivity index (χ0) is 26.2. The molecule has 2 N–H and O–H groups in total. The lowest BCUT2D eigenvalue weighted by Crippen LogP contribution is -2.16. The molecule has 4 rings (SSSR count). The maximum atomic E-state index is 12.4. The van der Waals surface area contributed by atoms with Crippen molar-refractivity contribution in [3.63, 3.8) is 0 Å². The summed E-state index contributed by atoms with van der Waals surface area (Å²) in [7, 11) is 2.77. The van der Waals surface area contributed by atoms with Gasteiger partial charge in [-0.05, 0) is 29.8 Å². The number of methoxy groups -OCH3 is 2. The van der Waals surface area contributed by atoms with E-state index in [2.05, 4.69) is 25.5 Å². The molecule has 0 saturated carbocycles. The van der Waals surface area contributed by atoms with Crippen molar-refractivity contribution in [2.45, 2.75) is 0 Å². The fraction of sp³-hybridized carbons (Fsp3) is 0.0769. The predicted molar refractivity (Wildman–Crippen MR) is 135 cm³/mol.